The van der Waals surface area contributed by atoms with Crippen molar-refractivity contribution in [1.82, 2.24) is 0 Å². The molecule has 0 unspecified atom stereocenters. The van der Waals surface area contributed by atoms with Crippen molar-refractivity contribution in [2.24, 2.45) is 0 Å². The molecule has 8 heteroatoms. The molecule has 0 aliphatic carbocycles. The van der Waals surface area contributed by atoms with Crippen LogP contribution in [0.15, 0.2) is 48.5 Å². The molecule has 0 saturated heterocycles. The Hall–Kier alpha value is -2.32. The van der Waals surface area contributed by atoms with Gasteiger partial charge in [-0.3, -0.25) is 0 Å². The van der Waals surface area contributed by atoms with Crippen molar-refractivity contribution in [2.45, 2.75) is 13.5 Å². The zero-order valence-corrected chi connectivity index (χ0v) is 12.8. The van der Waals surface area contributed by atoms with Gasteiger partial charge in [0.2, 0.25) is 0 Å². The molecule has 0 atom stereocenters. The number of hydrogen-bond donors (Lipinski definition) is 0. The van der Waals surface area contributed by atoms with Crippen LogP contribution in [0, 0.1) is 17.2 Å². The van der Waals surface area contributed by atoms with Gasteiger partial charge in [-0.25, -0.2) is 4.79 Å². The number of aryl methyl sites for hydroxylation is 1. The monoisotopic (exact) mass is 340 g/mol. The first-order valence-electron chi connectivity index (χ1n) is 6.43. The summed E-state index contributed by atoms with van der Waals surface area (Å²) in [4.78, 5) is 11.6. The lowest BCUT2D eigenvalue weighted by atomic mass is 10.2. The minimum Gasteiger partial charge on any atom is -0.429 e. The summed E-state index contributed by atoms with van der Waals surface area (Å²) >= 11 is 0. The van der Waals surface area contributed by atoms with Gasteiger partial charge in [0.05, 0.1) is 0 Å². The summed E-state index contributed by atoms with van der Waals surface area (Å²) in [5, 5.41) is 0. The number of ether oxygens (including phenoxy) is 2. The maximum Gasteiger partial charge on any atom is 0.514 e. The van der Waals surface area contributed by atoms with Gasteiger partial charge in [-0.05, 0) is 24.6 Å². The number of carbonyl (C=O) groups is 1. The molecule has 0 aliphatic heterocycles. The van der Waals surface area contributed by atoms with E-state index in [1.807, 2.05) is 18.2 Å². The third kappa shape index (κ3) is 5.76. The van der Waals surface area contributed by atoms with Crippen LogP contribution in [0.5, 0.6) is 11.5 Å². The van der Waals surface area contributed by atoms with Crippen LogP contribution >= 0.6 is 0 Å². The van der Waals surface area contributed by atoms with E-state index in [2.05, 4.69) is 4.29 Å². The average Bonchev–Trinajstić information content (AvgIpc) is 2.48. The molecule has 0 spiro atoms. The van der Waals surface area contributed by atoms with Gasteiger partial charge in [-0.2, -0.15) is 14.0 Å². The fourth-order valence-corrected chi connectivity index (χ4v) is 2.09. The summed E-state index contributed by atoms with van der Waals surface area (Å²) < 4.78 is 45.7. The van der Waals surface area contributed by atoms with Crippen molar-refractivity contribution in [3.8, 4) is 11.5 Å². The normalized spacial score (nSPS) is 11.0. The zero-order valence-electron chi connectivity index (χ0n) is 12.1. The highest BCUT2D eigenvalue weighted by Gasteiger charge is 2.21. The Kier molecular flexibility index (Phi) is 5.41. The molecule has 0 N–H and O–H groups in total. The Morgan fingerprint density at radius 3 is 2.39 bits per heavy atom. The molecule has 0 heterocycles. The molecule has 23 heavy (non-hydrogen) atoms. The summed E-state index contributed by atoms with van der Waals surface area (Å²) in [5.74, 6) is -0.0143. The highest BCUT2D eigenvalue weighted by Crippen LogP contribution is 2.25. The van der Waals surface area contributed by atoms with Crippen LogP contribution in [0.2, 0.25) is 0 Å². The van der Waals surface area contributed by atoms with Gasteiger partial charge in [0, 0.05) is 11.6 Å². The summed E-state index contributed by atoms with van der Waals surface area (Å²) in [5.41, 5.74) is 1.12. The smallest absolute Gasteiger partial charge is 0.429 e. The topological polar surface area (TPSA) is 114 Å². The van der Waals surface area contributed by atoms with E-state index in [0.29, 0.717) is 5.56 Å². The van der Waals surface area contributed by atoms with Crippen molar-refractivity contribution in [1.29, 1.82) is 0 Å². The molecule has 0 saturated carbocycles. The fourth-order valence-electron chi connectivity index (χ4n) is 1.72. The van der Waals surface area contributed by atoms with E-state index < -0.39 is 16.4 Å². The van der Waals surface area contributed by atoms with Crippen LogP contribution < -0.4 is 23.0 Å². The van der Waals surface area contributed by atoms with E-state index in [0.717, 1.165) is 5.56 Å². The molecular weight excluding hydrogens is 328 g/mol. The quantitative estimate of drug-likeness (QED) is 0.555. The van der Waals surface area contributed by atoms with Gasteiger partial charge >= 0.3 is 6.16 Å². The maximum atomic E-state index is 11.6. The van der Waals surface area contributed by atoms with Gasteiger partial charge in [-0.15, -0.1) is 0 Å². The second kappa shape index (κ2) is 7.30. The van der Waals surface area contributed by atoms with Crippen LogP contribution in [0.3, 0.4) is 0 Å². The van der Waals surface area contributed by atoms with Crippen LogP contribution in [0.4, 0.5) is 4.79 Å². The predicted octanol–water partition coefficient (Wildman–Crippen LogP) is -0.0133. The van der Waals surface area contributed by atoms with Crippen LogP contribution in [-0.2, 0) is 11.3 Å². The Bertz CT molecular complexity index is 667. The van der Waals surface area contributed by atoms with Crippen molar-refractivity contribution < 1.29 is 42.8 Å². The largest absolute Gasteiger partial charge is 0.514 e. The Labute approximate surface area is 134 Å². The average molecular weight is 341 g/mol. The van der Waals surface area contributed by atoms with Gasteiger partial charge in [-0.1, -0.05) is 34.6 Å². The number of hydrogen-bond acceptors (Lipinski definition) is 7. The van der Waals surface area contributed by atoms with Crippen molar-refractivity contribution in [3.63, 3.8) is 0 Å². The first kappa shape index (κ1) is 17.0. The molecule has 2 rings (SSSR count). The van der Waals surface area contributed by atoms with Crippen molar-refractivity contribution in [3.05, 3.63) is 59.7 Å². The molecular formula is C15H13ClO7. The highest BCUT2D eigenvalue weighted by atomic mass is 35.7. The predicted molar refractivity (Wildman–Crippen MR) is 69.1 cm³/mol. The number of carbonyl (C=O) groups excluding carboxylic acids is 1. The lowest BCUT2D eigenvalue weighted by Gasteiger charge is -2.13. The van der Waals surface area contributed by atoms with Crippen LogP contribution in [-0.4, -0.2) is 6.16 Å². The molecule has 2 aromatic rings. The van der Waals surface area contributed by atoms with E-state index in [4.69, 9.17) is 9.47 Å². The third-order valence-electron chi connectivity index (χ3n) is 2.72. The van der Waals surface area contributed by atoms with Gasteiger partial charge < -0.3 is 9.47 Å². The molecule has 122 valence electrons. The zero-order chi connectivity index (χ0) is 16.9. The minimum atomic E-state index is -4.58. The molecule has 2 aromatic carbocycles. The Morgan fingerprint density at radius 1 is 1.09 bits per heavy atom. The molecule has 7 nitrogen and oxygen atoms in total. The molecule has 0 aromatic heterocycles. The Balaban J connectivity index is 1.92. The summed E-state index contributed by atoms with van der Waals surface area (Å²) in [6.07, 6.45) is -0.906. The number of halogens is 1. The Morgan fingerprint density at radius 2 is 1.78 bits per heavy atom. The highest BCUT2D eigenvalue weighted by molar-refractivity contribution is 5.64. The SMILES string of the molecule is Cc1cc(OC(=O)OCc2ccccc2)ccc1O[Cl+3]([O-])([O-])[O-]. The van der Waals surface area contributed by atoms with E-state index in [1.165, 1.54) is 25.1 Å². The maximum absolute atomic E-state index is 11.6. The lowest BCUT2D eigenvalue weighted by molar-refractivity contribution is -1.91. The van der Waals surface area contributed by atoms with Crippen LogP contribution in [0.1, 0.15) is 11.1 Å². The minimum absolute atomic E-state index is 0.0627. The van der Waals surface area contributed by atoms with Gasteiger partial charge in [0.25, 0.3) is 5.75 Å². The standard InChI is InChI=1S/C15H13ClO7/c1-11-9-13(7-8-14(11)23-16(18,19)20)22-15(17)21-10-12-5-3-2-4-6-12/h2-9H,10H2,1H3. The van der Waals surface area contributed by atoms with Crippen molar-refractivity contribution >= 4 is 6.16 Å². The van der Waals surface area contributed by atoms with E-state index in [9.17, 15) is 18.8 Å². The third-order valence-corrected chi connectivity index (χ3v) is 3.08. The summed E-state index contributed by atoms with van der Waals surface area (Å²) in [6.45, 7) is 1.56. The second-order valence-corrected chi connectivity index (χ2v) is 5.42. The lowest BCUT2D eigenvalue weighted by Crippen LogP contribution is -2.63. The first-order valence-corrected chi connectivity index (χ1v) is 7.66. The van der Waals surface area contributed by atoms with Crippen molar-refractivity contribution in [2.75, 3.05) is 0 Å². The summed E-state index contributed by atoms with van der Waals surface area (Å²) in [7, 11) is -4.58. The van der Waals surface area contributed by atoms with E-state index >= 15 is 0 Å². The van der Waals surface area contributed by atoms with E-state index in [1.54, 1.807) is 12.1 Å². The number of rotatable bonds is 5. The summed E-state index contributed by atoms with van der Waals surface area (Å²) in [6, 6.07) is 12.9. The molecule has 0 fully saturated rings. The number of benzene rings is 2. The molecule has 0 radical (unpaired) electrons. The van der Waals surface area contributed by atoms with E-state index in [-0.39, 0.29) is 18.1 Å². The van der Waals surface area contributed by atoms with Gasteiger partial charge in [0.1, 0.15) is 22.6 Å². The second-order valence-electron chi connectivity index (χ2n) is 4.51. The van der Waals surface area contributed by atoms with Gasteiger partial charge in [0.15, 0.2) is 0 Å². The fraction of sp³-hybridized carbons (Fsp3) is 0.133. The van der Waals surface area contributed by atoms with Crippen LogP contribution in [0.25, 0.3) is 0 Å². The molecule has 0 amide bonds. The molecule has 0 aliphatic rings. The molecule has 0 bridgehead atoms. The first-order chi connectivity index (χ1) is 10.8.